The molecule has 1 aliphatic rings. The Bertz CT molecular complexity index is 361. The molecular weight excluding hydrogens is 166 g/mol. The van der Waals surface area contributed by atoms with Crippen LogP contribution in [0.1, 0.15) is 10.5 Å². The Hall–Kier alpha value is -1.29. The number of carbonyl (C=O) groups is 1. The van der Waals surface area contributed by atoms with Crippen LogP contribution in [-0.4, -0.2) is 10.9 Å². The molecule has 54 valence electrons. The number of hydrogen-bond acceptors (Lipinski definition) is 3. The molecule has 1 amide bonds. The summed E-state index contributed by atoms with van der Waals surface area (Å²) in [7, 11) is 0. The highest BCUT2D eigenvalue weighted by Gasteiger charge is 2.18. The van der Waals surface area contributed by atoms with Crippen molar-refractivity contribution in [2.24, 2.45) is 10.2 Å². The molecule has 0 atom stereocenters. The van der Waals surface area contributed by atoms with Gasteiger partial charge in [0.25, 0.3) is 0 Å². The molecule has 0 saturated heterocycles. The Balaban J connectivity index is 2.67. The Kier molecular flexibility index (Phi) is 1.22. The van der Waals surface area contributed by atoms with Crippen molar-refractivity contribution >= 4 is 23.2 Å². The smallest absolute Gasteiger partial charge is 0.263 e. The molecule has 4 nitrogen and oxygen atoms in total. The van der Waals surface area contributed by atoms with Gasteiger partial charge in [-0.15, -0.1) is 10.2 Å². The number of amides is 1. The normalized spacial score (nSPS) is 13.7. The van der Waals surface area contributed by atoms with Gasteiger partial charge in [-0.25, -0.2) is 4.98 Å². The van der Waals surface area contributed by atoms with Crippen LogP contribution in [0.25, 0.3) is 0 Å². The van der Waals surface area contributed by atoms with Crippen molar-refractivity contribution in [3.8, 4) is 0 Å². The third-order valence-electron chi connectivity index (χ3n) is 1.29. The second-order valence-electron chi connectivity index (χ2n) is 2.01. The standard InChI is InChI=1S/C6H2ClN3O/c7-4-2-1-3-5(8-4)6(11)10-9-3/h1-2H. The van der Waals surface area contributed by atoms with E-state index in [0.717, 1.165) is 0 Å². The topological polar surface area (TPSA) is 54.7 Å². The van der Waals surface area contributed by atoms with Gasteiger partial charge < -0.3 is 0 Å². The number of nitrogens with zero attached hydrogens (tertiary/aromatic N) is 3. The van der Waals surface area contributed by atoms with Gasteiger partial charge in [-0.3, -0.25) is 4.79 Å². The SMILES string of the molecule is O=C1N=Nc2ccc(Cl)nc21. The molecule has 0 aliphatic carbocycles. The van der Waals surface area contributed by atoms with Crippen molar-refractivity contribution in [2.45, 2.75) is 0 Å². The number of aromatic nitrogens is 1. The van der Waals surface area contributed by atoms with Crippen LogP contribution in [-0.2, 0) is 0 Å². The molecule has 1 aliphatic heterocycles. The van der Waals surface area contributed by atoms with Gasteiger partial charge in [0.05, 0.1) is 0 Å². The van der Waals surface area contributed by atoms with Crippen molar-refractivity contribution in [3.63, 3.8) is 0 Å². The van der Waals surface area contributed by atoms with Crippen LogP contribution in [0.2, 0.25) is 5.15 Å². The van der Waals surface area contributed by atoms with Gasteiger partial charge in [0.2, 0.25) is 0 Å². The Labute approximate surface area is 66.9 Å². The molecule has 0 saturated carbocycles. The maximum absolute atomic E-state index is 10.8. The lowest BCUT2D eigenvalue weighted by atomic mass is 10.3. The summed E-state index contributed by atoms with van der Waals surface area (Å²) in [6.45, 7) is 0. The Morgan fingerprint density at radius 1 is 1.27 bits per heavy atom. The van der Waals surface area contributed by atoms with Crippen molar-refractivity contribution < 1.29 is 4.79 Å². The second kappa shape index (κ2) is 2.10. The number of carbonyl (C=O) groups excluding carboxylic acids is 1. The fourth-order valence-corrected chi connectivity index (χ4v) is 0.960. The molecule has 2 rings (SSSR count). The third-order valence-corrected chi connectivity index (χ3v) is 1.50. The van der Waals surface area contributed by atoms with E-state index in [1.165, 1.54) is 0 Å². The van der Waals surface area contributed by atoms with E-state index in [2.05, 4.69) is 15.2 Å². The fourth-order valence-electron chi connectivity index (χ4n) is 0.813. The van der Waals surface area contributed by atoms with Gasteiger partial charge in [-0.1, -0.05) is 11.6 Å². The van der Waals surface area contributed by atoms with Gasteiger partial charge in [0.15, 0.2) is 5.69 Å². The Morgan fingerprint density at radius 2 is 2.09 bits per heavy atom. The van der Waals surface area contributed by atoms with Crippen LogP contribution in [0.4, 0.5) is 5.69 Å². The number of fused-ring (bicyclic) bond motifs is 1. The molecule has 0 bridgehead atoms. The maximum Gasteiger partial charge on any atom is 0.316 e. The van der Waals surface area contributed by atoms with Crippen LogP contribution in [0, 0.1) is 0 Å². The minimum Gasteiger partial charge on any atom is -0.263 e. The molecule has 0 N–H and O–H groups in total. The molecule has 2 heterocycles. The zero-order valence-corrected chi connectivity index (χ0v) is 6.04. The highest BCUT2D eigenvalue weighted by molar-refractivity contribution is 6.29. The number of rotatable bonds is 0. The van der Waals surface area contributed by atoms with E-state index in [1.807, 2.05) is 0 Å². The molecule has 0 aromatic carbocycles. The van der Waals surface area contributed by atoms with Crippen molar-refractivity contribution in [1.29, 1.82) is 0 Å². The largest absolute Gasteiger partial charge is 0.316 e. The summed E-state index contributed by atoms with van der Waals surface area (Å²) in [5, 5.41) is 7.17. The average Bonchev–Trinajstić information content (AvgIpc) is 2.33. The second-order valence-corrected chi connectivity index (χ2v) is 2.39. The van der Waals surface area contributed by atoms with E-state index in [4.69, 9.17) is 11.6 Å². The highest BCUT2D eigenvalue weighted by atomic mass is 35.5. The molecule has 0 spiro atoms. The summed E-state index contributed by atoms with van der Waals surface area (Å²) in [5.41, 5.74) is 0.719. The molecule has 0 radical (unpaired) electrons. The van der Waals surface area contributed by atoms with Crippen LogP contribution in [0.15, 0.2) is 22.4 Å². The van der Waals surface area contributed by atoms with Gasteiger partial charge in [-0.2, -0.15) is 0 Å². The molecule has 1 aromatic heterocycles. The van der Waals surface area contributed by atoms with E-state index >= 15 is 0 Å². The van der Waals surface area contributed by atoms with Crippen molar-refractivity contribution in [1.82, 2.24) is 4.98 Å². The number of pyridine rings is 1. The minimum absolute atomic E-state index is 0.234. The predicted molar refractivity (Wildman–Crippen MR) is 38.1 cm³/mol. The van der Waals surface area contributed by atoms with Gasteiger partial charge >= 0.3 is 5.91 Å². The summed E-state index contributed by atoms with van der Waals surface area (Å²) in [5.74, 6) is -0.428. The first-order valence-electron chi connectivity index (χ1n) is 2.90. The van der Waals surface area contributed by atoms with E-state index in [1.54, 1.807) is 12.1 Å². The van der Waals surface area contributed by atoms with E-state index in [-0.39, 0.29) is 10.8 Å². The zero-order valence-electron chi connectivity index (χ0n) is 5.28. The summed E-state index contributed by atoms with van der Waals surface area (Å²) < 4.78 is 0. The van der Waals surface area contributed by atoms with E-state index in [0.29, 0.717) is 5.69 Å². The molecule has 0 unspecified atom stereocenters. The lowest BCUT2D eigenvalue weighted by Gasteiger charge is -1.91. The Morgan fingerprint density at radius 3 is 2.91 bits per heavy atom. The van der Waals surface area contributed by atoms with Crippen molar-refractivity contribution in [3.05, 3.63) is 23.0 Å². The lowest BCUT2D eigenvalue weighted by Crippen LogP contribution is -1.92. The first-order valence-corrected chi connectivity index (χ1v) is 3.28. The van der Waals surface area contributed by atoms with Gasteiger partial charge in [-0.05, 0) is 12.1 Å². The van der Waals surface area contributed by atoms with Gasteiger partial charge in [0.1, 0.15) is 10.8 Å². The van der Waals surface area contributed by atoms with Gasteiger partial charge in [0, 0.05) is 0 Å². The summed E-state index contributed by atoms with van der Waals surface area (Å²) in [4.78, 5) is 14.6. The summed E-state index contributed by atoms with van der Waals surface area (Å²) in [6, 6.07) is 3.18. The van der Waals surface area contributed by atoms with E-state index < -0.39 is 5.91 Å². The summed E-state index contributed by atoms with van der Waals surface area (Å²) in [6.07, 6.45) is 0. The number of hydrogen-bond donors (Lipinski definition) is 0. The zero-order chi connectivity index (χ0) is 7.84. The van der Waals surface area contributed by atoms with Crippen LogP contribution < -0.4 is 0 Å². The molecular formula is C6H2ClN3O. The summed E-state index contributed by atoms with van der Waals surface area (Å²) >= 11 is 5.54. The molecule has 0 fully saturated rings. The first-order chi connectivity index (χ1) is 5.27. The third kappa shape index (κ3) is 0.914. The first kappa shape index (κ1) is 6.42. The van der Waals surface area contributed by atoms with E-state index in [9.17, 15) is 4.79 Å². The predicted octanol–water partition coefficient (Wildman–Crippen LogP) is 1.97. The maximum atomic E-state index is 10.8. The average molecular weight is 168 g/mol. The quantitative estimate of drug-likeness (QED) is 0.555. The fraction of sp³-hybridized carbons (Fsp3) is 0. The van der Waals surface area contributed by atoms with Crippen LogP contribution in [0.5, 0.6) is 0 Å². The minimum atomic E-state index is -0.428. The molecule has 1 aromatic rings. The highest BCUT2D eigenvalue weighted by Crippen LogP contribution is 2.25. The lowest BCUT2D eigenvalue weighted by molar-refractivity contribution is 0.0998. The molecule has 11 heavy (non-hydrogen) atoms. The number of azo groups is 1. The monoisotopic (exact) mass is 167 g/mol. The van der Waals surface area contributed by atoms with Crippen LogP contribution in [0.3, 0.4) is 0 Å². The van der Waals surface area contributed by atoms with Crippen LogP contribution >= 0.6 is 11.6 Å². The van der Waals surface area contributed by atoms with Crippen molar-refractivity contribution in [2.75, 3.05) is 0 Å². The molecule has 5 heteroatoms. The number of halogens is 1.